The summed E-state index contributed by atoms with van der Waals surface area (Å²) in [6.45, 7) is 4.38. The Morgan fingerprint density at radius 1 is 1.33 bits per heavy atom. The lowest BCUT2D eigenvalue weighted by Crippen LogP contribution is -2.36. The van der Waals surface area contributed by atoms with Crippen LogP contribution in [0.3, 0.4) is 0 Å². The van der Waals surface area contributed by atoms with E-state index in [1.165, 1.54) is 13.3 Å². The summed E-state index contributed by atoms with van der Waals surface area (Å²) < 4.78 is 6.24. The molecule has 18 heavy (non-hydrogen) atoms. The molecule has 1 saturated heterocycles. The number of nitrogens with zero attached hydrogens (tertiary/aromatic N) is 3. The van der Waals surface area contributed by atoms with Crippen LogP contribution in [0.25, 0.3) is 0 Å². The van der Waals surface area contributed by atoms with E-state index >= 15 is 0 Å². The van der Waals surface area contributed by atoms with Gasteiger partial charge in [0.15, 0.2) is 0 Å². The van der Waals surface area contributed by atoms with Crippen molar-refractivity contribution in [1.29, 1.82) is 0 Å². The summed E-state index contributed by atoms with van der Waals surface area (Å²) in [7, 11) is 1.44. The summed E-state index contributed by atoms with van der Waals surface area (Å²) in [6.07, 6.45) is 1.50. The van der Waals surface area contributed by atoms with Crippen LogP contribution in [0.5, 0.6) is 0 Å². The van der Waals surface area contributed by atoms with Crippen molar-refractivity contribution < 1.29 is 4.74 Å². The second-order valence-corrected chi connectivity index (χ2v) is 4.14. The lowest BCUT2D eigenvalue weighted by Gasteiger charge is -2.23. The molecule has 0 bridgehead atoms. The molecule has 7 nitrogen and oxygen atoms in total. The second kappa shape index (κ2) is 5.18. The Labute approximate surface area is 104 Å². The second-order valence-electron chi connectivity index (χ2n) is 4.14. The van der Waals surface area contributed by atoms with Gasteiger partial charge in [0.05, 0.1) is 38.1 Å². The number of aryl methyl sites for hydroxylation is 1. The molecule has 1 N–H and O–H groups in total. The van der Waals surface area contributed by atoms with Gasteiger partial charge in [0.1, 0.15) is 0 Å². The molecular formula is C11H16N4O3. The largest absolute Gasteiger partial charge is 0.378 e. The van der Waals surface area contributed by atoms with E-state index in [0.29, 0.717) is 37.6 Å². The molecule has 0 radical (unpaired) electrons. The van der Waals surface area contributed by atoms with Gasteiger partial charge in [0.2, 0.25) is 0 Å². The van der Waals surface area contributed by atoms with Crippen molar-refractivity contribution in [3.63, 3.8) is 0 Å². The molecule has 2 rings (SSSR count). The van der Waals surface area contributed by atoms with Crippen molar-refractivity contribution >= 4 is 6.21 Å². The summed E-state index contributed by atoms with van der Waals surface area (Å²) in [6, 6.07) is 0. The summed E-state index contributed by atoms with van der Waals surface area (Å²) in [4.78, 5) is 25.9. The number of morpholine rings is 1. The van der Waals surface area contributed by atoms with Crippen molar-refractivity contribution in [1.82, 2.24) is 14.6 Å². The van der Waals surface area contributed by atoms with Crippen LogP contribution in [0, 0.1) is 6.92 Å². The average molecular weight is 252 g/mol. The fourth-order valence-corrected chi connectivity index (χ4v) is 1.71. The summed E-state index contributed by atoms with van der Waals surface area (Å²) in [5, 5.41) is 6.08. The molecule has 7 heteroatoms. The van der Waals surface area contributed by atoms with E-state index in [-0.39, 0.29) is 5.56 Å². The molecule has 1 aliphatic rings. The predicted molar refractivity (Wildman–Crippen MR) is 67.0 cm³/mol. The van der Waals surface area contributed by atoms with Crippen molar-refractivity contribution in [3.05, 3.63) is 32.1 Å². The fraction of sp³-hybridized carbons (Fsp3) is 0.545. The van der Waals surface area contributed by atoms with Crippen molar-refractivity contribution in [2.24, 2.45) is 12.1 Å². The maximum atomic E-state index is 11.9. The number of nitrogens with one attached hydrogen (secondary N) is 1. The molecule has 1 fully saturated rings. The van der Waals surface area contributed by atoms with E-state index in [4.69, 9.17) is 4.74 Å². The number of hydrazone groups is 1. The molecule has 1 aliphatic heterocycles. The zero-order valence-corrected chi connectivity index (χ0v) is 10.5. The molecule has 0 spiro atoms. The third-order valence-corrected chi connectivity index (χ3v) is 2.88. The van der Waals surface area contributed by atoms with Gasteiger partial charge in [0, 0.05) is 12.7 Å². The van der Waals surface area contributed by atoms with E-state index in [0.717, 1.165) is 4.57 Å². The van der Waals surface area contributed by atoms with Crippen LogP contribution in [-0.2, 0) is 11.8 Å². The predicted octanol–water partition coefficient (Wildman–Crippen LogP) is -0.952. The number of rotatable bonds is 2. The smallest absolute Gasteiger partial charge is 0.328 e. The van der Waals surface area contributed by atoms with Gasteiger partial charge in [-0.05, 0) is 6.92 Å². The van der Waals surface area contributed by atoms with E-state index in [1.807, 2.05) is 5.01 Å². The van der Waals surface area contributed by atoms with Gasteiger partial charge >= 0.3 is 5.69 Å². The maximum Gasteiger partial charge on any atom is 0.328 e. The van der Waals surface area contributed by atoms with E-state index in [9.17, 15) is 9.59 Å². The van der Waals surface area contributed by atoms with Gasteiger partial charge in [-0.15, -0.1) is 0 Å². The van der Waals surface area contributed by atoms with Crippen molar-refractivity contribution in [3.8, 4) is 0 Å². The Hall–Kier alpha value is -1.89. The molecule has 0 aromatic carbocycles. The lowest BCUT2D eigenvalue weighted by molar-refractivity contribution is 0.0397. The first-order valence-electron chi connectivity index (χ1n) is 5.76. The third-order valence-electron chi connectivity index (χ3n) is 2.88. The molecule has 0 unspecified atom stereocenters. The molecule has 1 aromatic rings. The Balaban J connectivity index is 2.28. The topological polar surface area (TPSA) is 79.7 Å². The summed E-state index contributed by atoms with van der Waals surface area (Å²) >= 11 is 0. The SMILES string of the molecule is Cc1[nH]c(=O)n(C)c(=O)c1/C=N/N1CCOCC1. The monoisotopic (exact) mass is 252 g/mol. The summed E-state index contributed by atoms with van der Waals surface area (Å²) in [5.74, 6) is 0. The minimum absolute atomic E-state index is 0.340. The Kier molecular flexibility index (Phi) is 3.61. The Morgan fingerprint density at radius 3 is 2.67 bits per heavy atom. The molecule has 98 valence electrons. The van der Waals surface area contributed by atoms with Crippen LogP contribution in [0.1, 0.15) is 11.3 Å². The minimum atomic E-state index is -0.416. The number of ether oxygens (including phenoxy) is 1. The molecule has 1 aromatic heterocycles. The van der Waals surface area contributed by atoms with Gasteiger partial charge in [-0.2, -0.15) is 5.10 Å². The lowest BCUT2D eigenvalue weighted by atomic mass is 10.2. The maximum absolute atomic E-state index is 11.9. The van der Waals surface area contributed by atoms with E-state index < -0.39 is 5.69 Å². The van der Waals surface area contributed by atoms with Crippen LogP contribution >= 0.6 is 0 Å². The van der Waals surface area contributed by atoms with Gasteiger partial charge in [0.25, 0.3) is 5.56 Å². The number of hydrogen-bond donors (Lipinski definition) is 1. The first-order chi connectivity index (χ1) is 8.59. The van der Waals surface area contributed by atoms with Crippen LogP contribution in [-0.4, -0.2) is 47.1 Å². The van der Waals surface area contributed by atoms with Gasteiger partial charge in [-0.1, -0.05) is 0 Å². The van der Waals surface area contributed by atoms with E-state index in [1.54, 1.807) is 6.92 Å². The van der Waals surface area contributed by atoms with Crippen molar-refractivity contribution in [2.45, 2.75) is 6.92 Å². The van der Waals surface area contributed by atoms with E-state index in [2.05, 4.69) is 10.1 Å². The normalized spacial score (nSPS) is 16.4. The number of aromatic amines is 1. The summed E-state index contributed by atoms with van der Waals surface area (Å²) in [5.41, 5.74) is 0.179. The highest BCUT2D eigenvalue weighted by atomic mass is 16.5. The third kappa shape index (κ3) is 2.51. The number of hydrogen-bond acceptors (Lipinski definition) is 5. The molecule has 0 atom stereocenters. The van der Waals surface area contributed by atoms with Crippen LogP contribution in [0.2, 0.25) is 0 Å². The van der Waals surface area contributed by atoms with Crippen LogP contribution in [0.15, 0.2) is 14.7 Å². The molecular weight excluding hydrogens is 236 g/mol. The fourth-order valence-electron chi connectivity index (χ4n) is 1.71. The minimum Gasteiger partial charge on any atom is -0.378 e. The first kappa shape index (κ1) is 12.6. The Morgan fingerprint density at radius 2 is 2.00 bits per heavy atom. The molecule has 2 heterocycles. The molecule has 0 saturated carbocycles. The first-order valence-corrected chi connectivity index (χ1v) is 5.76. The van der Waals surface area contributed by atoms with Gasteiger partial charge in [-0.3, -0.25) is 14.4 Å². The average Bonchev–Trinajstić information content (AvgIpc) is 2.37. The number of H-pyrrole nitrogens is 1. The van der Waals surface area contributed by atoms with Crippen LogP contribution < -0.4 is 11.2 Å². The van der Waals surface area contributed by atoms with Crippen LogP contribution in [0.4, 0.5) is 0 Å². The Bertz CT molecular complexity index is 567. The highest BCUT2D eigenvalue weighted by Crippen LogP contribution is 1.98. The standard InChI is InChI=1S/C11H16N4O3/c1-8-9(10(16)14(2)11(17)13-8)7-12-15-3-5-18-6-4-15/h7H,3-6H2,1-2H3,(H,13,17)/b12-7+. The van der Waals surface area contributed by atoms with Crippen molar-refractivity contribution in [2.75, 3.05) is 26.3 Å². The quantitative estimate of drug-likeness (QED) is 0.688. The molecule has 0 aliphatic carbocycles. The zero-order valence-electron chi connectivity index (χ0n) is 10.5. The molecule has 0 amide bonds. The van der Waals surface area contributed by atoms with Gasteiger partial charge < -0.3 is 9.72 Å². The highest BCUT2D eigenvalue weighted by molar-refractivity contribution is 5.80. The number of aromatic nitrogens is 2. The zero-order chi connectivity index (χ0) is 13.1. The highest BCUT2D eigenvalue weighted by Gasteiger charge is 2.09. The van der Waals surface area contributed by atoms with Gasteiger partial charge in [-0.25, -0.2) is 4.79 Å².